The van der Waals surface area contributed by atoms with Crippen molar-refractivity contribution >= 4 is 0 Å². The zero-order valence-electron chi connectivity index (χ0n) is 14.9. The van der Waals surface area contributed by atoms with Crippen LogP contribution in [0.1, 0.15) is 51.5 Å². The Labute approximate surface area is 148 Å². The molecule has 0 fully saturated rings. The molecular weight excluding hydrogens is 316 g/mol. The number of phenols is 1. The summed E-state index contributed by atoms with van der Waals surface area (Å²) >= 11 is 0. The van der Waals surface area contributed by atoms with E-state index < -0.39 is 0 Å². The van der Waals surface area contributed by atoms with E-state index in [4.69, 9.17) is 15.2 Å². The average molecular weight is 340 g/mol. The van der Waals surface area contributed by atoms with E-state index in [1.165, 1.54) is 0 Å². The lowest BCUT2D eigenvalue weighted by molar-refractivity contribution is 0.189. The average Bonchev–Trinajstić information content (AvgIpc) is 2.54. The maximum Gasteiger partial charge on any atom is 0.205 e. The first-order chi connectivity index (χ1) is 11.9. The van der Waals surface area contributed by atoms with Gasteiger partial charge in [-0.3, -0.25) is 0 Å². The number of hydrogen-bond acceptors (Lipinski definition) is 5. The van der Waals surface area contributed by atoms with Gasteiger partial charge in [0.15, 0.2) is 11.5 Å². The zero-order chi connectivity index (χ0) is 18.2. The summed E-state index contributed by atoms with van der Waals surface area (Å²) in [6, 6.07) is 7.48. The molecule has 0 radical (unpaired) electrons. The third-order valence-corrected chi connectivity index (χ3v) is 4.94. The number of nitrogens with two attached hydrogens (primary N) is 1. The van der Waals surface area contributed by atoms with Gasteiger partial charge in [0, 0.05) is 12.3 Å². The summed E-state index contributed by atoms with van der Waals surface area (Å²) in [6.07, 6.45) is 2.66. The number of rotatable bonds is 3. The van der Waals surface area contributed by atoms with Crippen LogP contribution in [0.5, 0.6) is 11.5 Å². The van der Waals surface area contributed by atoms with Crippen molar-refractivity contribution in [2.45, 2.75) is 46.0 Å². The summed E-state index contributed by atoms with van der Waals surface area (Å²) < 4.78 is 11.2. The molecule has 5 nitrogen and oxygen atoms in total. The van der Waals surface area contributed by atoms with Crippen molar-refractivity contribution in [3.63, 3.8) is 0 Å². The van der Waals surface area contributed by atoms with Crippen molar-refractivity contribution in [2.24, 2.45) is 11.1 Å². The second kappa shape index (κ2) is 6.36. The van der Waals surface area contributed by atoms with E-state index in [0.717, 1.165) is 36.2 Å². The highest BCUT2D eigenvalue weighted by molar-refractivity contribution is 5.53. The van der Waals surface area contributed by atoms with Gasteiger partial charge in [-0.1, -0.05) is 19.9 Å². The Hall–Kier alpha value is -2.61. The van der Waals surface area contributed by atoms with Gasteiger partial charge < -0.3 is 20.3 Å². The lowest BCUT2D eigenvalue weighted by Crippen LogP contribution is -2.28. The lowest BCUT2D eigenvalue weighted by atomic mass is 9.71. The van der Waals surface area contributed by atoms with Gasteiger partial charge in [-0.15, -0.1) is 0 Å². The molecule has 25 heavy (non-hydrogen) atoms. The number of aromatic hydroxyl groups is 1. The van der Waals surface area contributed by atoms with Gasteiger partial charge in [0.2, 0.25) is 5.88 Å². The maximum atomic E-state index is 10.3. The van der Waals surface area contributed by atoms with Gasteiger partial charge in [0.1, 0.15) is 17.4 Å². The molecule has 5 heteroatoms. The molecule has 3 N–H and O–H groups in total. The fourth-order valence-electron chi connectivity index (χ4n) is 3.64. The smallest absolute Gasteiger partial charge is 0.205 e. The molecule has 2 aliphatic rings. The largest absolute Gasteiger partial charge is 0.504 e. The molecule has 1 aliphatic heterocycles. The Morgan fingerprint density at radius 3 is 2.84 bits per heavy atom. The lowest BCUT2D eigenvalue weighted by Gasteiger charge is -2.38. The van der Waals surface area contributed by atoms with E-state index in [1.54, 1.807) is 12.1 Å². The fourth-order valence-corrected chi connectivity index (χ4v) is 3.64. The predicted octanol–water partition coefficient (Wildman–Crippen LogP) is 4.06. The van der Waals surface area contributed by atoms with Crippen molar-refractivity contribution in [1.29, 1.82) is 5.26 Å². The van der Waals surface area contributed by atoms with Gasteiger partial charge in [-0.05, 0) is 48.4 Å². The van der Waals surface area contributed by atoms with Crippen LogP contribution in [0, 0.1) is 16.7 Å². The predicted molar refractivity (Wildman–Crippen MR) is 94.6 cm³/mol. The van der Waals surface area contributed by atoms with Crippen LogP contribution in [0.25, 0.3) is 0 Å². The van der Waals surface area contributed by atoms with Crippen LogP contribution in [-0.4, -0.2) is 11.7 Å². The maximum absolute atomic E-state index is 10.3. The second-order valence-electron chi connectivity index (χ2n) is 7.37. The van der Waals surface area contributed by atoms with Crippen LogP contribution in [0.15, 0.2) is 41.0 Å². The normalized spacial score (nSPS) is 22.1. The molecule has 1 atom stereocenters. The molecule has 1 aliphatic carbocycles. The minimum Gasteiger partial charge on any atom is -0.504 e. The Morgan fingerprint density at radius 1 is 1.44 bits per heavy atom. The quantitative estimate of drug-likeness (QED) is 0.866. The molecule has 1 aromatic carbocycles. The monoisotopic (exact) mass is 340 g/mol. The summed E-state index contributed by atoms with van der Waals surface area (Å²) in [6.45, 7) is 6.75. The van der Waals surface area contributed by atoms with Gasteiger partial charge in [-0.2, -0.15) is 5.26 Å². The number of nitrogens with zero attached hydrogens (tertiary/aromatic N) is 1. The Kier molecular flexibility index (Phi) is 4.38. The first-order valence-corrected chi connectivity index (χ1v) is 8.61. The number of hydrogen-bond donors (Lipinski definition) is 2. The van der Waals surface area contributed by atoms with Crippen molar-refractivity contribution in [1.82, 2.24) is 0 Å². The number of phenolic OH excluding ortho intramolecular Hbond substituents is 1. The van der Waals surface area contributed by atoms with Crippen molar-refractivity contribution in [3.8, 4) is 17.6 Å². The second-order valence-corrected chi connectivity index (χ2v) is 7.37. The van der Waals surface area contributed by atoms with Crippen molar-refractivity contribution in [3.05, 3.63) is 46.6 Å². The molecule has 132 valence electrons. The van der Waals surface area contributed by atoms with Crippen LogP contribution in [0.3, 0.4) is 0 Å². The summed E-state index contributed by atoms with van der Waals surface area (Å²) in [5.74, 6) is 1.27. The number of ether oxygens (including phenoxy) is 2. The van der Waals surface area contributed by atoms with Crippen LogP contribution < -0.4 is 10.5 Å². The third kappa shape index (κ3) is 3.17. The standard InChI is InChI=1S/C20H24N2O3/c1-4-24-16-6-5-12(9-15(16)23)18-13-7-8-20(2,3)10-17(13)25-19(22)14(18)11-21/h5-6,9,18,23H,4,7-8,10,22H2,1-3H3. The zero-order valence-corrected chi connectivity index (χ0v) is 14.9. The Balaban J connectivity index is 2.07. The minimum atomic E-state index is -0.272. The molecule has 1 aromatic rings. The van der Waals surface area contributed by atoms with E-state index in [2.05, 4.69) is 19.9 Å². The van der Waals surface area contributed by atoms with Crippen molar-refractivity contribution < 1.29 is 14.6 Å². The molecule has 0 saturated carbocycles. The van der Waals surface area contributed by atoms with Gasteiger partial charge in [0.05, 0.1) is 6.61 Å². The molecule has 0 aromatic heterocycles. The first kappa shape index (κ1) is 17.2. The summed E-state index contributed by atoms with van der Waals surface area (Å²) in [7, 11) is 0. The fraction of sp³-hybridized carbons (Fsp3) is 0.450. The summed E-state index contributed by atoms with van der Waals surface area (Å²) in [5, 5.41) is 19.9. The van der Waals surface area contributed by atoms with E-state index in [1.807, 2.05) is 13.0 Å². The van der Waals surface area contributed by atoms with Crippen LogP contribution >= 0.6 is 0 Å². The SMILES string of the molecule is CCOc1ccc(C2C(C#N)=C(N)OC3=C2CCC(C)(C)C3)cc1O. The first-order valence-electron chi connectivity index (χ1n) is 8.61. The summed E-state index contributed by atoms with van der Waals surface area (Å²) in [5.41, 5.74) is 8.52. The van der Waals surface area contributed by atoms with E-state index in [0.29, 0.717) is 17.9 Å². The number of nitriles is 1. The topological polar surface area (TPSA) is 88.5 Å². The van der Waals surface area contributed by atoms with Gasteiger partial charge in [0.25, 0.3) is 0 Å². The van der Waals surface area contributed by atoms with Crippen molar-refractivity contribution in [2.75, 3.05) is 6.61 Å². The summed E-state index contributed by atoms with van der Waals surface area (Å²) in [4.78, 5) is 0. The van der Waals surface area contributed by atoms with Gasteiger partial charge >= 0.3 is 0 Å². The molecule has 0 amide bonds. The molecule has 0 bridgehead atoms. The molecule has 3 rings (SSSR count). The highest BCUT2D eigenvalue weighted by Gasteiger charge is 2.38. The third-order valence-electron chi connectivity index (χ3n) is 4.94. The van der Waals surface area contributed by atoms with E-state index >= 15 is 0 Å². The van der Waals surface area contributed by atoms with Gasteiger partial charge in [-0.25, -0.2) is 0 Å². The van der Waals surface area contributed by atoms with Crippen LogP contribution in [-0.2, 0) is 4.74 Å². The van der Waals surface area contributed by atoms with E-state index in [-0.39, 0.29) is 23.0 Å². The number of allylic oxidation sites excluding steroid dienone is 3. The molecular formula is C20H24N2O3. The Morgan fingerprint density at radius 2 is 2.20 bits per heavy atom. The molecule has 1 heterocycles. The minimum absolute atomic E-state index is 0.0694. The highest BCUT2D eigenvalue weighted by Crippen LogP contribution is 2.50. The molecule has 0 spiro atoms. The highest BCUT2D eigenvalue weighted by atomic mass is 16.5. The molecule has 0 saturated heterocycles. The Bertz CT molecular complexity index is 800. The number of benzene rings is 1. The molecule has 1 unspecified atom stereocenters. The van der Waals surface area contributed by atoms with E-state index in [9.17, 15) is 10.4 Å². The van der Waals surface area contributed by atoms with Crippen LogP contribution in [0.2, 0.25) is 0 Å². The van der Waals surface area contributed by atoms with Crippen LogP contribution in [0.4, 0.5) is 0 Å².